The number of nitrogens with zero attached hydrogens (tertiary/aromatic N) is 3. The highest BCUT2D eigenvalue weighted by atomic mass is 16.5. The summed E-state index contributed by atoms with van der Waals surface area (Å²) in [5.74, 6) is -0.378. The molecule has 0 amide bonds. The molecule has 6 heteroatoms. The van der Waals surface area contributed by atoms with Crippen molar-refractivity contribution < 1.29 is 14.3 Å². The predicted molar refractivity (Wildman–Crippen MR) is 86.6 cm³/mol. The Hall–Kier alpha value is -2.99. The van der Waals surface area contributed by atoms with Gasteiger partial charge in [0.1, 0.15) is 5.69 Å². The van der Waals surface area contributed by atoms with Crippen LogP contribution in [-0.4, -0.2) is 28.1 Å². The summed E-state index contributed by atoms with van der Waals surface area (Å²) in [7, 11) is 1.37. The van der Waals surface area contributed by atoms with E-state index in [4.69, 9.17) is 9.47 Å². The van der Waals surface area contributed by atoms with E-state index in [1.807, 2.05) is 35.0 Å². The first-order chi connectivity index (χ1) is 11.8. The maximum Gasteiger partial charge on any atom is 0.337 e. The van der Waals surface area contributed by atoms with E-state index in [1.54, 1.807) is 18.2 Å². The number of ether oxygens (including phenoxy) is 2. The van der Waals surface area contributed by atoms with Gasteiger partial charge in [0.2, 0.25) is 0 Å². The van der Waals surface area contributed by atoms with E-state index < -0.39 is 0 Å². The zero-order chi connectivity index (χ0) is 16.5. The Morgan fingerprint density at radius 3 is 2.92 bits per heavy atom. The van der Waals surface area contributed by atoms with Crippen LogP contribution >= 0.6 is 0 Å². The van der Waals surface area contributed by atoms with E-state index in [0.717, 1.165) is 22.5 Å². The van der Waals surface area contributed by atoms with Gasteiger partial charge < -0.3 is 9.47 Å². The summed E-state index contributed by atoms with van der Waals surface area (Å²) >= 11 is 0. The minimum atomic E-state index is -0.378. The van der Waals surface area contributed by atoms with Crippen molar-refractivity contribution in [3.8, 4) is 16.9 Å². The van der Waals surface area contributed by atoms with Crippen LogP contribution in [-0.2, 0) is 22.7 Å². The lowest BCUT2D eigenvalue weighted by Gasteiger charge is -2.06. The lowest BCUT2D eigenvalue weighted by molar-refractivity contribution is 0.0601. The molecule has 0 saturated carbocycles. The summed E-state index contributed by atoms with van der Waals surface area (Å²) in [6, 6.07) is 15.1. The van der Waals surface area contributed by atoms with Gasteiger partial charge in [0.25, 0.3) is 0 Å². The molecular formula is C18H15N3O3. The minimum Gasteiger partial charge on any atom is -0.465 e. The minimum absolute atomic E-state index is 0.378. The fraction of sp³-hybridized carbons (Fsp3) is 0.167. The average molecular weight is 321 g/mol. The summed E-state index contributed by atoms with van der Waals surface area (Å²) in [5, 5.41) is 8.62. The lowest BCUT2D eigenvalue weighted by Crippen LogP contribution is -2.03. The van der Waals surface area contributed by atoms with Gasteiger partial charge in [0.15, 0.2) is 0 Å². The lowest BCUT2D eigenvalue weighted by atomic mass is 10.1. The van der Waals surface area contributed by atoms with Crippen molar-refractivity contribution in [1.29, 1.82) is 0 Å². The third-order valence-electron chi connectivity index (χ3n) is 4.04. The van der Waals surface area contributed by atoms with Gasteiger partial charge in [-0.05, 0) is 18.2 Å². The number of hydrogen-bond donors (Lipinski definition) is 0. The zero-order valence-corrected chi connectivity index (χ0v) is 13.1. The molecular weight excluding hydrogens is 306 g/mol. The number of para-hydroxylation sites is 1. The Morgan fingerprint density at radius 1 is 1.17 bits per heavy atom. The van der Waals surface area contributed by atoms with Gasteiger partial charge in [0, 0.05) is 11.1 Å². The first kappa shape index (κ1) is 14.6. The van der Waals surface area contributed by atoms with E-state index in [1.165, 1.54) is 7.11 Å². The van der Waals surface area contributed by atoms with Gasteiger partial charge in [-0.25, -0.2) is 9.48 Å². The van der Waals surface area contributed by atoms with Crippen molar-refractivity contribution in [3.05, 3.63) is 65.4 Å². The Bertz CT molecular complexity index is 917. The monoisotopic (exact) mass is 321 g/mol. The van der Waals surface area contributed by atoms with Crippen molar-refractivity contribution in [2.75, 3.05) is 7.11 Å². The largest absolute Gasteiger partial charge is 0.465 e. The molecule has 0 atom stereocenters. The van der Waals surface area contributed by atoms with E-state index in [2.05, 4.69) is 10.3 Å². The van der Waals surface area contributed by atoms with Gasteiger partial charge in [-0.1, -0.05) is 35.5 Å². The van der Waals surface area contributed by atoms with Crippen LogP contribution in [0.25, 0.3) is 16.9 Å². The highest BCUT2D eigenvalue weighted by Crippen LogP contribution is 2.28. The number of benzene rings is 2. The van der Waals surface area contributed by atoms with Crippen LogP contribution in [0.3, 0.4) is 0 Å². The number of hydrogen-bond acceptors (Lipinski definition) is 5. The Kier molecular flexibility index (Phi) is 3.59. The molecule has 1 aliphatic rings. The van der Waals surface area contributed by atoms with Gasteiger partial charge in [0.05, 0.1) is 37.3 Å². The van der Waals surface area contributed by atoms with Gasteiger partial charge in [-0.2, -0.15) is 0 Å². The molecule has 3 aromatic rings. The van der Waals surface area contributed by atoms with Crippen LogP contribution in [0.2, 0.25) is 0 Å². The van der Waals surface area contributed by atoms with Crippen LogP contribution in [0, 0.1) is 0 Å². The molecule has 4 rings (SSSR count). The number of rotatable bonds is 2. The van der Waals surface area contributed by atoms with Crippen molar-refractivity contribution in [2.45, 2.75) is 13.2 Å². The van der Waals surface area contributed by atoms with Gasteiger partial charge >= 0.3 is 5.97 Å². The third kappa shape index (κ3) is 2.37. The second-order valence-corrected chi connectivity index (χ2v) is 5.49. The highest BCUT2D eigenvalue weighted by molar-refractivity contribution is 5.90. The van der Waals surface area contributed by atoms with Crippen LogP contribution in [0.15, 0.2) is 48.5 Å². The second-order valence-electron chi connectivity index (χ2n) is 5.49. The predicted octanol–water partition coefficient (Wildman–Crippen LogP) is 2.75. The van der Waals surface area contributed by atoms with Crippen molar-refractivity contribution in [3.63, 3.8) is 0 Å². The molecule has 0 saturated heterocycles. The number of fused-ring (bicyclic) bond motifs is 3. The van der Waals surface area contributed by atoms with Crippen molar-refractivity contribution in [2.24, 2.45) is 0 Å². The van der Waals surface area contributed by atoms with Gasteiger partial charge in [-0.3, -0.25) is 0 Å². The normalized spacial score (nSPS) is 12.9. The molecule has 2 aromatic carbocycles. The Balaban J connectivity index is 1.83. The Labute approximate surface area is 138 Å². The molecule has 0 N–H and O–H groups in total. The summed E-state index contributed by atoms with van der Waals surface area (Å²) in [5.41, 5.74) is 4.89. The molecule has 0 bridgehead atoms. The molecule has 0 fully saturated rings. The molecule has 2 heterocycles. The molecule has 1 aromatic heterocycles. The van der Waals surface area contributed by atoms with Crippen molar-refractivity contribution in [1.82, 2.24) is 15.0 Å². The first-order valence-electron chi connectivity index (χ1n) is 7.57. The standard InChI is InChI=1S/C18H15N3O3/c1-23-18(22)13-7-4-6-12(9-13)17-16-11-24-10-14-5-2-3-8-15(14)21(16)20-19-17/h2-9H,10-11H2,1H3. The Morgan fingerprint density at radius 2 is 2.04 bits per heavy atom. The topological polar surface area (TPSA) is 66.2 Å². The number of esters is 1. The van der Waals surface area contributed by atoms with E-state index in [9.17, 15) is 4.79 Å². The quantitative estimate of drug-likeness (QED) is 0.679. The van der Waals surface area contributed by atoms with E-state index >= 15 is 0 Å². The molecule has 24 heavy (non-hydrogen) atoms. The number of methoxy groups -OCH3 is 1. The second kappa shape index (κ2) is 5.90. The fourth-order valence-electron chi connectivity index (χ4n) is 2.86. The first-order valence-corrected chi connectivity index (χ1v) is 7.57. The van der Waals surface area contributed by atoms with Crippen LogP contribution < -0.4 is 0 Å². The zero-order valence-electron chi connectivity index (χ0n) is 13.1. The van der Waals surface area contributed by atoms with E-state index in [0.29, 0.717) is 24.5 Å². The summed E-state index contributed by atoms with van der Waals surface area (Å²) < 4.78 is 12.4. The molecule has 1 aliphatic heterocycles. The van der Waals surface area contributed by atoms with E-state index in [-0.39, 0.29) is 5.97 Å². The summed E-state index contributed by atoms with van der Waals surface area (Å²) in [4.78, 5) is 11.8. The maximum atomic E-state index is 11.8. The third-order valence-corrected chi connectivity index (χ3v) is 4.04. The molecule has 6 nitrogen and oxygen atoms in total. The van der Waals surface area contributed by atoms with Crippen molar-refractivity contribution >= 4 is 5.97 Å². The molecule has 0 radical (unpaired) electrons. The SMILES string of the molecule is COC(=O)c1cccc(-c2nnn3c2COCc2ccccc2-3)c1. The fourth-order valence-corrected chi connectivity index (χ4v) is 2.86. The maximum absolute atomic E-state index is 11.8. The van der Waals surface area contributed by atoms with Gasteiger partial charge in [-0.15, -0.1) is 5.10 Å². The number of carbonyl (C=O) groups excluding carboxylic acids is 1. The highest BCUT2D eigenvalue weighted by Gasteiger charge is 2.21. The molecule has 0 unspecified atom stereocenters. The van der Waals surface area contributed by atoms with Crippen LogP contribution in [0.1, 0.15) is 21.6 Å². The number of aromatic nitrogens is 3. The van der Waals surface area contributed by atoms with Crippen LogP contribution in [0.5, 0.6) is 0 Å². The summed E-state index contributed by atoms with van der Waals surface area (Å²) in [6.45, 7) is 0.931. The smallest absolute Gasteiger partial charge is 0.337 e. The number of carbonyl (C=O) groups is 1. The average Bonchev–Trinajstić information content (AvgIpc) is 2.96. The van der Waals surface area contributed by atoms with Crippen LogP contribution in [0.4, 0.5) is 0 Å². The summed E-state index contributed by atoms with van der Waals surface area (Å²) in [6.07, 6.45) is 0. The molecule has 0 aliphatic carbocycles. The molecule has 120 valence electrons. The molecule has 0 spiro atoms.